The van der Waals surface area contributed by atoms with Gasteiger partial charge in [-0.15, -0.1) is 0 Å². The first-order valence-corrected chi connectivity index (χ1v) is 5.56. The van der Waals surface area contributed by atoms with Gasteiger partial charge in [-0.2, -0.15) is 18.3 Å². The second kappa shape index (κ2) is 3.69. The number of hydrogen-bond acceptors (Lipinski definition) is 3. The van der Waals surface area contributed by atoms with E-state index < -0.39 is 17.7 Å². The van der Waals surface area contributed by atoms with Crippen LogP contribution >= 0.6 is 0 Å². The van der Waals surface area contributed by atoms with E-state index in [2.05, 4.69) is 10.1 Å². The first-order valence-electron chi connectivity index (χ1n) is 5.56. The fraction of sp³-hybridized carbons (Fsp3) is 0.364. The maximum atomic E-state index is 12.7. The van der Waals surface area contributed by atoms with E-state index in [1.165, 1.54) is 0 Å². The van der Waals surface area contributed by atoms with Crippen LogP contribution in [0.3, 0.4) is 0 Å². The summed E-state index contributed by atoms with van der Waals surface area (Å²) in [5.74, 6) is -1.27. The molecular formula is C11H8F3N3O2. The first kappa shape index (κ1) is 11.9. The number of carboxylic acid groups (broad SMARTS) is 1. The van der Waals surface area contributed by atoms with Crippen molar-refractivity contribution in [3.05, 3.63) is 29.2 Å². The molecule has 0 bridgehead atoms. The molecule has 1 aliphatic rings. The van der Waals surface area contributed by atoms with Gasteiger partial charge in [0.05, 0.1) is 17.5 Å². The van der Waals surface area contributed by atoms with Gasteiger partial charge in [0.25, 0.3) is 0 Å². The van der Waals surface area contributed by atoms with Crippen LogP contribution in [0, 0.1) is 0 Å². The summed E-state index contributed by atoms with van der Waals surface area (Å²) in [7, 11) is 0. The molecule has 1 saturated carbocycles. The Morgan fingerprint density at radius 3 is 2.58 bits per heavy atom. The monoisotopic (exact) mass is 271 g/mol. The lowest BCUT2D eigenvalue weighted by molar-refractivity contribution is -0.136. The Kier molecular flexibility index (Phi) is 2.32. The number of hydrogen-bond donors (Lipinski definition) is 1. The van der Waals surface area contributed by atoms with Crippen LogP contribution in [0.1, 0.15) is 40.4 Å². The Morgan fingerprint density at radius 2 is 2.05 bits per heavy atom. The number of aromatic nitrogens is 3. The molecule has 0 unspecified atom stereocenters. The molecule has 2 aromatic heterocycles. The Labute approximate surface area is 104 Å². The van der Waals surface area contributed by atoms with Crippen molar-refractivity contribution in [2.24, 2.45) is 0 Å². The molecule has 1 fully saturated rings. The summed E-state index contributed by atoms with van der Waals surface area (Å²) in [5.41, 5.74) is -1.09. The van der Waals surface area contributed by atoms with Gasteiger partial charge in [0.15, 0.2) is 5.65 Å². The van der Waals surface area contributed by atoms with E-state index in [1.807, 2.05) is 0 Å². The van der Waals surface area contributed by atoms with Crippen molar-refractivity contribution in [1.82, 2.24) is 14.6 Å². The zero-order valence-corrected chi connectivity index (χ0v) is 9.48. The Hall–Kier alpha value is -2.12. The molecule has 0 spiro atoms. The number of carboxylic acids is 1. The van der Waals surface area contributed by atoms with Crippen LogP contribution in [0.15, 0.2) is 12.4 Å². The summed E-state index contributed by atoms with van der Waals surface area (Å²) < 4.78 is 39.3. The number of halogens is 3. The summed E-state index contributed by atoms with van der Waals surface area (Å²) >= 11 is 0. The van der Waals surface area contributed by atoms with Crippen molar-refractivity contribution in [2.45, 2.75) is 24.9 Å². The molecule has 2 aromatic rings. The molecule has 8 heteroatoms. The minimum absolute atomic E-state index is 0.0578. The van der Waals surface area contributed by atoms with Crippen molar-refractivity contribution in [3.63, 3.8) is 0 Å². The number of nitrogens with zero attached hydrogens (tertiary/aromatic N) is 3. The molecule has 5 nitrogen and oxygen atoms in total. The van der Waals surface area contributed by atoms with E-state index in [0.29, 0.717) is 11.9 Å². The zero-order valence-electron chi connectivity index (χ0n) is 9.48. The zero-order chi connectivity index (χ0) is 13.8. The lowest BCUT2D eigenvalue weighted by Gasteiger charge is -2.08. The topological polar surface area (TPSA) is 67.5 Å². The number of carbonyl (C=O) groups is 1. The Balaban J connectivity index is 2.30. The Bertz CT molecular complexity index is 674. The summed E-state index contributed by atoms with van der Waals surface area (Å²) in [6, 6.07) is 0. The highest BCUT2D eigenvalue weighted by Crippen LogP contribution is 2.42. The minimum atomic E-state index is -4.56. The Morgan fingerprint density at radius 1 is 1.37 bits per heavy atom. The molecular weight excluding hydrogens is 263 g/mol. The third-order valence-electron chi connectivity index (χ3n) is 3.06. The highest BCUT2D eigenvalue weighted by molar-refractivity contribution is 5.89. The van der Waals surface area contributed by atoms with Crippen molar-refractivity contribution < 1.29 is 23.1 Å². The minimum Gasteiger partial charge on any atom is -0.478 e. The van der Waals surface area contributed by atoms with Gasteiger partial charge in [-0.1, -0.05) is 0 Å². The van der Waals surface area contributed by atoms with Gasteiger partial charge in [0.2, 0.25) is 0 Å². The average molecular weight is 271 g/mol. The van der Waals surface area contributed by atoms with Gasteiger partial charge in [-0.05, 0) is 12.8 Å². The van der Waals surface area contributed by atoms with Crippen LogP contribution < -0.4 is 0 Å². The third-order valence-corrected chi connectivity index (χ3v) is 3.06. The van der Waals surface area contributed by atoms with E-state index in [9.17, 15) is 18.0 Å². The maximum absolute atomic E-state index is 12.7. The van der Waals surface area contributed by atoms with E-state index in [1.54, 1.807) is 0 Å². The van der Waals surface area contributed by atoms with Crippen LogP contribution in [0.2, 0.25) is 0 Å². The second-order valence-corrected chi connectivity index (χ2v) is 4.43. The second-order valence-electron chi connectivity index (χ2n) is 4.43. The molecule has 1 aliphatic carbocycles. The average Bonchev–Trinajstić information content (AvgIpc) is 3.04. The summed E-state index contributed by atoms with van der Waals surface area (Å²) in [6.45, 7) is 0. The van der Waals surface area contributed by atoms with Gasteiger partial charge in [0.1, 0.15) is 5.56 Å². The van der Waals surface area contributed by atoms with Gasteiger partial charge < -0.3 is 5.11 Å². The highest BCUT2D eigenvalue weighted by Gasteiger charge is 2.38. The molecule has 100 valence electrons. The quantitative estimate of drug-likeness (QED) is 0.910. The van der Waals surface area contributed by atoms with E-state index >= 15 is 0 Å². The van der Waals surface area contributed by atoms with Gasteiger partial charge in [-0.25, -0.2) is 14.3 Å². The third kappa shape index (κ3) is 1.83. The molecule has 0 aliphatic heterocycles. The molecule has 0 radical (unpaired) electrons. The van der Waals surface area contributed by atoms with Gasteiger partial charge in [0, 0.05) is 12.1 Å². The van der Waals surface area contributed by atoms with E-state index in [4.69, 9.17) is 5.11 Å². The van der Waals surface area contributed by atoms with E-state index in [0.717, 1.165) is 23.6 Å². The van der Waals surface area contributed by atoms with Crippen LogP contribution in [-0.4, -0.2) is 25.7 Å². The summed E-state index contributed by atoms with van der Waals surface area (Å²) in [6.07, 6.45) is -1.40. The fourth-order valence-electron chi connectivity index (χ4n) is 2.06. The van der Waals surface area contributed by atoms with Crippen molar-refractivity contribution in [3.8, 4) is 0 Å². The summed E-state index contributed by atoms with van der Waals surface area (Å²) in [5, 5.41) is 12.7. The number of alkyl halides is 3. The molecule has 2 heterocycles. The number of fused-ring (bicyclic) bond motifs is 1. The number of rotatable bonds is 2. The van der Waals surface area contributed by atoms with Crippen LogP contribution in [0.25, 0.3) is 5.65 Å². The molecule has 0 aromatic carbocycles. The number of aromatic carboxylic acids is 1. The smallest absolute Gasteiger partial charge is 0.421 e. The van der Waals surface area contributed by atoms with Crippen molar-refractivity contribution in [2.75, 3.05) is 0 Å². The SMILES string of the molecule is O=C(O)c1cnc2c(C(F)(F)F)cnn2c1C1CC1. The molecule has 3 rings (SSSR count). The van der Waals surface area contributed by atoms with Crippen LogP contribution in [0.5, 0.6) is 0 Å². The lowest BCUT2D eigenvalue weighted by atomic mass is 10.1. The van der Waals surface area contributed by atoms with Crippen LogP contribution in [0.4, 0.5) is 13.2 Å². The van der Waals surface area contributed by atoms with E-state index in [-0.39, 0.29) is 17.1 Å². The predicted octanol–water partition coefficient (Wildman–Crippen LogP) is 2.32. The van der Waals surface area contributed by atoms with Gasteiger partial charge in [-0.3, -0.25) is 0 Å². The normalized spacial score (nSPS) is 15.9. The summed E-state index contributed by atoms with van der Waals surface area (Å²) in [4.78, 5) is 14.7. The molecule has 19 heavy (non-hydrogen) atoms. The molecule has 0 saturated heterocycles. The van der Waals surface area contributed by atoms with Crippen LogP contribution in [-0.2, 0) is 6.18 Å². The largest absolute Gasteiger partial charge is 0.478 e. The fourth-order valence-corrected chi connectivity index (χ4v) is 2.06. The van der Waals surface area contributed by atoms with Crippen molar-refractivity contribution >= 4 is 11.6 Å². The van der Waals surface area contributed by atoms with Crippen molar-refractivity contribution in [1.29, 1.82) is 0 Å². The first-order chi connectivity index (χ1) is 8.89. The molecule has 1 N–H and O–H groups in total. The molecule has 0 amide bonds. The maximum Gasteiger partial charge on any atom is 0.421 e. The highest BCUT2D eigenvalue weighted by atomic mass is 19.4. The lowest BCUT2D eigenvalue weighted by Crippen LogP contribution is -2.11. The standard InChI is InChI=1S/C11H8F3N3O2/c12-11(13,14)7-4-16-17-8(5-1-2-5)6(10(18)19)3-15-9(7)17/h3-5H,1-2H2,(H,18,19). The predicted molar refractivity (Wildman–Crippen MR) is 56.9 cm³/mol. The molecule has 0 atom stereocenters. The van der Waals surface area contributed by atoms with Gasteiger partial charge >= 0.3 is 12.1 Å².